The Hall–Kier alpha value is -3.08. The average molecular weight is 291 g/mol. The Kier molecular flexibility index (Phi) is 2.72. The van der Waals surface area contributed by atoms with Crippen LogP contribution in [-0.4, -0.2) is 26.6 Å². The Balaban J connectivity index is 2.03. The van der Waals surface area contributed by atoms with Crippen molar-refractivity contribution < 1.29 is 9.84 Å². The molecule has 0 bridgehead atoms. The molecule has 4 rings (SSSR count). The van der Waals surface area contributed by atoms with E-state index in [0.717, 1.165) is 22.3 Å². The highest BCUT2D eigenvalue weighted by Gasteiger charge is 2.15. The van der Waals surface area contributed by atoms with Crippen molar-refractivity contribution in [1.29, 1.82) is 0 Å². The second kappa shape index (κ2) is 4.73. The quantitative estimate of drug-likeness (QED) is 0.616. The normalized spacial score (nSPS) is 11.1. The summed E-state index contributed by atoms with van der Waals surface area (Å²) in [6, 6.07) is 15.1. The van der Waals surface area contributed by atoms with Crippen LogP contribution in [0.1, 0.15) is 0 Å². The largest absolute Gasteiger partial charge is 0.497 e. The minimum atomic E-state index is 0.0989. The van der Waals surface area contributed by atoms with E-state index in [2.05, 4.69) is 9.97 Å². The third-order valence-electron chi connectivity index (χ3n) is 3.66. The summed E-state index contributed by atoms with van der Waals surface area (Å²) in [4.78, 5) is 8.88. The number of benzene rings is 2. The third kappa shape index (κ3) is 1.79. The lowest BCUT2D eigenvalue weighted by molar-refractivity contribution is 0.415. The number of aromatic nitrogens is 3. The fourth-order valence-electron chi connectivity index (χ4n) is 2.61. The fraction of sp³-hybridized carbons (Fsp3) is 0.0588. The number of para-hydroxylation sites is 2. The summed E-state index contributed by atoms with van der Waals surface area (Å²) >= 11 is 0. The molecule has 108 valence electrons. The molecule has 0 amide bonds. The Labute approximate surface area is 126 Å². The van der Waals surface area contributed by atoms with Crippen molar-refractivity contribution in [3.8, 4) is 22.9 Å². The first-order valence-corrected chi connectivity index (χ1v) is 6.87. The summed E-state index contributed by atoms with van der Waals surface area (Å²) in [5.41, 5.74) is 3.54. The minimum Gasteiger partial charge on any atom is -0.497 e. The molecule has 0 atom stereocenters. The fourth-order valence-corrected chi connectivity index (χ4v) is 2.61. The number of nitrogens with zero attached hydrogens (tertiary/aromatic N) is 3. The van der Waals surface area contributed by atoms with Gasteiger partial charge in [0.25, 0.3) is 0 Å². The van der Waals surface area contributed by atoms with Gasteiger partial charge in [-0.05, 0) is 24.3 Å². The van der Waals surface area contributed by atoms with Crippen LogP contribution in [0, 0.1) is 0 Å². The van der Waals surface area contributed by atoms with Crippen molar-refractivity contribution in [2.75, 3.05) is 7.11 Å². The third-order valence-corrected chi connectivity index (χ3v) is 3.66. The molecular weight excluding hydrogens is 278 g/mol. The molecule has 0 aliphatic carbocycles. The van der Waals surface area contributed by atoms with Crippen LogP contribution in [0.25, 0.3) is 27.9 Å². The van der Waals surface area contributed by atoms with Crippen LogP contribution in [0.15, 0.2) is 54.7 Å². The highest BCUT2D eigenvalue weighted by Crippen LogP contribution is 2.33. The zero-order valence-corrected chi connectivity index (χ0v) is 11.9. The van der Waals surface area contributed by atoms with Gasteiger partial charge in [0.15, 0.2) is 5.65 Å². The molecule has 0 unspecified atom stereocenters. The van der Waals surface area contributed by atoms with Gasteiger partial charge in [-0.2, -0.15) is 0 Å². The molecule has 2 heterocycles. The molecular formula is C17H13N3O2. The maximum Gasteiger partial charge on any atom is 0.224 e. The van der Waals surface area contributed by atoms with Crippen LogP contribution in [0.2, 0.25) is 0 Å². The standard InChI is InChI=1S/C17H13N3O2/c1-22-12-6-4-5-11(9-12)16-17(21)20-14-8-3-2-7-13(14)18-10-15(20)19-16/h2-10,21H,1H3. The van der Waals surface area contributed by atoms with E-state index >= 15 is 0 Å². The van der Waals surface area contributed by atoms with E-state index in [9.17, 15) is 5.11 Å². The highest BCUT2D eigenvalue weighted by atomic mass is 16.5. The summed E-state index contributed by atoms with van der Waals surface area (Å²) in [6.45, 7) is 0. The van der Waals surface area contributed by atoms with Gasteiger partial charge in [0.05, 0.1) is 24.3 Å². The van der Waals surface area contributed by atoms with Crippen molar-refractivity contribution in [1.82, 2.24) is 14.4 Å². The molecule has 0 aliphatic rings. The molecule has 0 spiro atoms. The van der Waals surface area contributed by atoms with Gasteiger partial charge in [-0.15, -0.1) is 0 Å². The van der Waals surface area contributed by atoms with Gasteiger partial charge in [0.2, 0.25) is 5.88 Å². The number of hydrogen-bond donors (Lipinski definition) is 1. The predicted molar refractivity (Wildman–Crippen MR) is 84.1 cm³/mol. The van der Waals surface area contributed by atoms with E-state index in [1.54, 1.807) is 17.7 Å². The molecule has 0 radical (unpaired) electrons. The topological polar surface area (TPSA) is 59.7 Å². The van der Waals surface area contributed by atoms with Gasteiger partial charge < -0.3 is 9.84 Å². The first-order chi connectivity index (χ1) is 10.8. The molecule has 2 aromatic carbocycles. The van der Waals surface area contributed by atoms with Gasteiger partial charge in [-0.1, -0.05) is 24.3 Å². The lowest BCUT2D eigenvalue weighted by atomic mass is 10.1. The van der Waals surface area contributed by atoms with Crippen LogP contribution in [-0.2, 0) is 0 Å². The second-order valence-corrected chi connectivity index (χ2v) is 4.96. The van der Waals surface area contributed by atoms with E-state index in [4.69, 9.17) is 4.74 Å². The average Bonchev–Trinajstić information content (AvgIpc) is 2.92. The molecule has 0 saturated heterocycles. The molecule has 5 heteroatoms. The number of rotatable bonds is 2. The summed E-state index contributed by atoms with van der Waals surface area (Å²) in [6.07, 6.45) is 1.66. The highest BCUT2D eigenvalue weighted by molar-refractivity contribution is 5.81. The summed E-state index contributed by atoms with van der Waals surface area (Å²) in [7, 11) is 1.61. The Bertz CT molecular complexity index is 992. The second-order valence-electron chi connectivity index (χ2n) is 4.96. The van der Waals surface area contributed by atoms with E-state index in [0.29, 0.717) is 11.3 Å². The van der Waals surface area contributed by atoms with Crippen molar-refractivity contribution in [3.05, 3.63) is 54.7 Å². The summed E-state index contributed by atoms with van der Waals surface area (Å²) in [5, 5.41) is 10.6. The molecule has 5 nitrogen and oxygen atoms in total. The van der Waals surface area contributed by atoms with Gasteiger partial charge in [-0.25, -0.2) is 4.98 Å². The molecule has 4 aromatic rings. The number of fused-ring (bicyclic) bond motifs is 3. The SMILES string of the molecule is COc1cccc(-c2nc3cnc4ccccc4n3c2O)c1. The van der Waals surface area contributed by atoms with Crippen LogP contribution in [0.3, 0.4) is 0 Å². The maximum atomic E-state index is 10.6. The van der Waals surface area contributed by atoms with E-state index in [1.807, 2.05) is 48.5 Å². The minimum absolute atomic E-state index is 0.0989. The van der Waals surface area contributed by atoms with Crippen molar-refractivity contribution >= 4 is 16.7 Å². The van der Waals surface area contributed by atoms with Gasteiger partial charge in [0.1, 0.15) is 11.4 Å². The first kappa shape index (κ1) is 12.6. The Morgan fingerprint density at radius 3 is 2.82 bits per heavy atom. The van der Waals surface area contributed by atoms with Gasteiger partial charge >= 0.3 is 0 Å². The maximum absolute atomic E-state index is 10.6. The Morgan fingerprint density at radius 2 is 1.95 bits per heavy atom. The monoisotopic (exact) mass is 291 g/mol. The molecule has 2 aromatic heterocycles. The van der Waals surface area contributed by atoms with E-state index in [-0.39, 0.29) is 5.88 Å². The van der Waals surface area contributed by atoms with Crippen molar-refractivity contribution in [3.63, 3.8) is 0 Å². The van der Waals surface area contributed by atoms with Gasteiger partial charge in [0, 0.05) is 5.56 Å². The summed E-state index contributed by atoms with van der Waals surface area (Å²) < 4.78 is 6.94. The van der Waals surface area contributed by atoms with Crippen LogP contribution in [0.5, 0.6) is 11.6 Å². The van der Waals surface area contributed by atoms with Crippen molar-refractivity contribution in [2.45, 2.75) is 0 Å². The zero-order chi connectivity index (χ0) is 15.1. The van der Waals surface area contributed by atoms with E-state index < -0.39 is 0 Å². The van der Waals surface area contributed by atoms with E-state index in [1.165, 1.54) is 0 Å². The summed E-state index contributed by atoms with van der Waals surface area (Å²) in [5.74, 6) is 0.818. The zero-order valence-electron chi connectivity index (χ0n) is 11.9. The molecule has 0 aliphatic heterocycles. The number of ether oxygens (including phenoxy) is 1. The number of imidazole rings is 1. The van der Waals surface area contributed by atoms with Crippen LogP contribution < -0.4 is 4.74 Å². The first-order valence-electron chi connectivity index (χ1n) is 6.87. The molecule has 1 N–H and O–H groups in total. The number of hydrogen-bond acceptors (Lipinski definition) is 4. The molecule has 0 saturated carbocycles. The molecule has 0 fully saturated rings. The predicted octanol–water partition coefficient (Wildman–Crippen LogP) is 3.26. The van der Waals surface area contributed by atoms with Crippen molar-refractivity contribution in [2.24, 2.45) is 0 Å². The smallest absolute Gasteiger partial charge is 0.224 e. The lowest BCUT2D eigenvalue weighted by Crippen LogP contribution is -1.89. The van der Waals surface area contributed by atoms with Gasteiger partial charge in [-0.3, -0.25) is 9.38 Å². The lowest BCUT2D eigenvalue weighted by Gasteiger charge is -2.03. The van der Waals surface area contributed by atoms with Crippen LogP contribution in [0.4, 0.5) is 0 Å². The number of aromatic hydroxyl groups is 1. The number of methoxy groups -OCH3 is 1. The Morgan fingerprint density at radius 1 is 1.09 bits per heavy atom. The molecule has 22 heavy (non-hydrogen) atoms. The van der Waals surface area contributed by atoms with Crippen LogP contribution >= 0.6 is 0 Å².